The van der Waals surface area contributed by atoms with E-state index in [2.05, 4.69) is 9.72 Å². The van der Waals surface area contributed by atoms with E-state index < -0.39 is 23.0 Å². The van der Waals surface area contributed by atoms with E-state index in [1.54, 1.807) is 12.1 Å². The van der Waals surface area contributed by atoms with Crippen LogP contribution < -0.4 is 5.56 Å². The van der Waals surface area contributed by atoms with Crippen LogP contribution in [0.2, 0.25) is 0 Å². The van der Waals surface area contributed by atoms with E-state index in [1.165, 1.54) is 15.7 Å². The zero-order valence-corrected chi connectivity index (χ0v) is 10.6. The number of rotatable bonds is 1. The van der Waals surface area contributed by atoms with E-state index in [0.29, 0.717) is 10.5 Å². The molecule has 0 bridgehead atoms. The lowest BCUT2D eigenvalue weighted by atomic mass is 10.3. The topological polar surface area (TPSA) is 80.9 Å². The average Bonchev–Trinajstić information content (AvgIpc) is 2.76. The van der Waals surface area contributed by atoms with Crippen molar-refractivity contribution in [2.45, 2.75) is 0 Å². The molecule has 1 N–H and O–H groups in total. The maximum absolute atomic E-state index is 12.3. The Morgan fingerprint density at radius 1 is 1.42 bits per heavy atom. The molecule has 0 aliphatic heterocycles. The van der Waals surface area contributed by atoms with Gasteiger partial charge in [0.25, 0.3) is 5.56 Å². The van der Waals surface area contributed by atoms with Crippen molar-refractivity contribution in [3.8, 4) is 5.88 Å². The third-order valence-corrected chi connectivity index (χ3v) is 3.75. The summed E-state index contributed by atoms with van der Waals surface area (Å²) >= 11 is 1.26. The van der Waals surface area contributed by atoms with Gasteiger partial charge < -0.3 is 9.84 Å². The summed E-state index contributed by atoms with van der Waals surface area (Å²) in [5, 5.41) is 9.70. The molecule has 3 rings (SSSR count). The molecule has 1 aromatic carbocycles. The molecule has 2 aromatic heterocycles. The lowest BCUT2D eigenvalue weighted by Crippen LogP contribution is -2.23. The van der Waals surface area contributed by atoms with Gasteiger partial charge in [0.2, 0.25) is 10.8 Å². The van der Waals surface area contributed by atoms with E-state index >= 15 is 0 Å². The van der Waals surface area contributed by atoms with E-state index in [1.807, 2.05) is 12.1 Å². The lowest BCUT2D eigenvalue weighted by Gasteiger charge is -2.02. The lowest BCUT2D eigenvalue weighted by molar-refractivity contribution is 0.0594. The van der Waals surface area contributed by atoms with Crippen LogP contribution in [-0.4, -0.2) is 27.6 Å². The van der Waals surface area contributed by atoms with Gasteiger partial charge in [0.15, 0.2) is 5.56 Å². The molecule has 0 aliphatic rings. The summed E-state index contributed by atoms with van der Waals surface area (Å²) in [4.78, 5) is 28.0. The molecule has 3 aromatic rings. The maximum Gasteiger partial charge on any atom is 0.349 e. The summed E-state index contributed by atoms with van der Waals surface area (Å²) < 4.78 is 6.63. The Labute approximate surface area is 110 Å². The third kappa shape index (κ3) is 1.59. The minimum atomic E-state index is -0.903. The number of esters is 1. The molecular formula is C12H8N2O4S. The van der Waals surface area contributed by atoms with Crippen molar-refractivity contribution in [1.29, 1.82) is 0 Å². The highest BCUT2D eigenvalue weighted by molar-refractivity contribution is 7.23. The number of carbonyl (C=O) groups excluding carboxylic acids is 1. The van der Waals surface area contributed by atoms with Crippen LogP contribution in [0.15, 0.2) is 29.1 Å². The standard InChI is InChI=1S/C12H8N2O4S/c1-18-11(17)8-9(15)13-12-14(10(8)16)6-4-2-3-5-7(6)19-12/h2-5,15H,1H3. The highest BCUT2D eigenvalue weighted by Gasteiger charge is 2.22. The second-order valence-corrected chi connectivity index (χ2v) is 4.80. The number of carbonyl (C=O) groups is 1. The molecule has 0 atom stereocenters. The Morgan fingerprint density at radius 3 is 2.89 bits per heavy atom. The summed E-state index contributed by atoms with van der Waals surface area (Å²) in [5.74, 6) is -1.51. The van der Waals surface area contributed by atoms with Crippen LogP contribution in [0.5, 0.6) is 5.88 Å². The van der Waals surface area contributed by atoms with Gasteiger partial charge in [-0.2, -0.15) is 4.98 Å². The Morgan fingerprint density at radius 2 is 2.16 bits per heavy atom. The molecule has 0 fully saturated rings. The minimum Gasteiger partial charge on any atom is -0.492 e. The Bertz CT molecular complexity index is 865. The van der Waals surface area contributed by atoms with Crippen LogP contribution >= 0.6 is 11.3 Å². The number of aromatic hydroxyl groups is 1. The second-order valence-electron chi connectivity index (χ2n) is 3.79. The molecule has 96 valence electrons. The summed E-state index contributed by atoms with van der Waals surface area (Å²) in [5.41, 5.74) is -0.444. The molecular weight excluding hydrogens is 268 g/mol. The molecule has 19 heavy (non-hydrogen) atoms. The number of fused-ring (bicyclic) bond motifs is 3. The molecule has 6 nitrogen and oxygen atoms in total. The predicted molar refractivity (Wildman–Crippen MR) is 69.8 cm³/mol. The quantitative estimate of drug-likeness (QED) is 0.679. The summed E-state index contributed by atoms with van der Waals surface area (Å²) in [7, 11) is 1.14. The fourth-order valence-corrected chi connectivity index (χ4v) is 2.89. The Kier molecular flexibility index (Phi) is 2.49. The van der Waals surface area contributed by atoms with E-state index in [-0.39, 0.29) is 0 Å². The van der Waals surface area contributed by atoms with Gasteiger partial charge in [-0.25, -0.2) is 9.20 Å². The molecule has 7 heteroatoms. The second kappa shape index (κ2) is 4.06. The first-order valence-electron chi connectivity index (χ1n) is 5.35. The van der Waals surface area contributed by atoms with Crippen molar-refractivity contribution in [3.63, 3.8) is 0 Å². The molecule has 0 unspecified atom stereocenters. The number of nitrogens with zero attached hydrogens (tertiary/aromatic N) is 2. The van der Waals surface area contributed by atoms with E-state index in [9.17, 15) is 14.7 Å². The van der Waals surface area contributed by atoms with E-state index in [0.717, 1.165) is 11.8 Å². The number of hydrogen-bond acceptors (Lipinski definition) is 6. The summed E-state index contributed by atoms with van der Waals surface area (Å²) in [6.45, 7) is 0. The van der Waals surface area contributed by atoms with Gasteiger partial charge >= 0.3 is 5.97 Å². The van der Waals surface area contributed by atoms with Gasteiger partial charge in [0, 0.05) is 0 Å². The number of methoxy groups -OCH3 is 1. The minimum absolute atomic E-state index is 0.330. The maximum atomic E-state index is 12.3. The van der Waals surface area contributed by atoms with Gasteiger partial charge in [0.05, 0.1) is 17.3 Å². The summed E-state index contributed by atoms with van der Waals surface area (Å²) in [6.07, 6.45) is 0. The first kappa shape index (κ1) is 11.7. The molecule has 0 spiro atoms. The zero-order valence-electron chi connectivity index (χ0n) is 9.78. The normalized spacial score (nSPS) is 11.0. The van der Waals surface area contributed by atoms with Gasteiger partial charge in [-0.05, 0) is 12.1 Å². The first-order chi connectivity index (χ1) is 9.13. The highest BCUT2D eigenvalue weighted by atomic mass is 32.1. The number of aromatic nitrogens is 2. The highest BCUT2D eigenvalue weighted by Crippen LogP contribution is 2.25. The van der Waals surface area contributed by atoms with Gasteiger partial charge in [-0.15, -0.1) is 0 Å². The van der Waals surface area contributed by atoms with Crippen molar-refractivity contribution < 1.29 is 14.6 Å². The van der Waals surface area contributed by atoms with Crippen molar-refractivity contribution in [2.24, 2.45) is 0 Å². The molecule has 2 heterocycles. The average molecular weight is 276 g/mol. The Balaban J connectivity index is 2.52. The monoisotopic (exact) mass is 276 g/mol. The molecule has 0 saturated heterocycles. The van der Waals surface area contributed by atoms with Gasteiger partial charge in [0.1, 0.15) is 0 Å². The van der Waals surface area contributed by atoms with Crippen LogP contribution in [0.4, 0.5) is 0 Å². The molecule has 0 amide bonds. The number of thiazole rings is 1. The van der Waals surface area contributed by atoms with Crippen molar-refractivity contribution in [1.82, 2.24) is 9.38 Å². The molecule has 0 saturated carbocycles. The van der Waals surface area contributed by atoms with E-state index in [4.69, 9.17) is 0 Å². The number of benzene rings is 1. The largest absolute Gasteiger partial charge is 0.492 e. The fraction of sp³-hybridized carbons (Fsp3) is 0.0833. The molecule has 0 aliphatic carbocycles. The van der Waals surface area contributed by atoms with Crippen molar-refractivity contribution in [3.05, 3.63) is 40.2 Å². The number of hydrogen-bond donors (Lipinski definition) is 1. The smallest absolute Gasteiger partial charge is 0.349 e. The van der Waals surface area contributed by atoms with Crippen LogP contribution in [-0.2, 0) is 4.74 Å². The first-order valence-corrected chi connectivity index (χ1v) is 6.16. The predicted octanol–water partition coefficient (Wildman–Crippen LogP) is 1.40. The van der Waals surface area contributed by atoms with Crippen LogP contribution in [0.1, 0.15) is 10.4 Å². The van der Waals surface area contributed by atoms with Crippen LogP contribution in [0.3, 0.4) is 0 Å². The van der Waals surface area contributed by atoms with Crippen LogP contribution in [0, 0.1) is 0 Å². The van der Waals surface area contributed by atoms with Crippen LogP contribution in [0.25, 0.3) is 15.2 Å². The summed E-state index contributed by atoms with van der Waals surface area (Å²) in [6, 6.07) is 7.21. The number of para-hydroxylation sites is 1. The SMILES string of the molecule is COC(=O)c1c(O)nc2sc3ccccc3n2c1=O. The molecule has 0 radical (unpaired) electrons. The van der Waals surface area contributed by atoms with Crippen molar-refractivity contribution >= 4 is 32.5 Å². The number of ether oxygens (including phenoxy) is 1. The van der Waals surface area contributed by atoms with Gasteiger partial charge in [-0.1, -0.05) is 23.5 Å². The Hall–Kier alpha value is -2.41. The zero-order chi connectivity index (χ0) is 13.6. The third-order valence-electron chi connectivity index (χ3n) is 2.73. The van der Waals surface area contributed by atoms with Gasteiger partial charge in [-0.3, -0.25) is 4.79 Å². The fourth-order valence-electron chi connectivity index (χ4n) is 1.88. The van der Waals surface area contributed by atoms with Crippen molar-refractivity contribution in [2.75, 3.05) is 7.11 Å².